The Morgan fingerprint density at radius 3 is 2.30 bits per heavy atom. The lowest BCUT2D eigenvalue weighted by atomic mass is 9.72. The summed E-state index contributed by atoms with van der Waals surface area (Å²) in [7, 11) is 0. The lowest BCUT2D eigenvalue weighted by Gasteiger charge is -2.42. The summed E-state index contributed by atoms with van der Waals surface area (Å²) in [6, 6.07) is 5.72. The molecule has 0 saturated carbocycles. The number of benzene rings is 2. The van der Waals surface area contributed by atoms with Crippen LogP contribution < -0.4 is 3.53 Å². The van der Waals surface area contributed by atoms with Crippen LogP contribution in [0.2, 0.25) is 0 Å². The van der Waals surface area contributed by atoms with Crippen molar-refractivity contribution in [3.05, 3.63) is 57.6 Å². The van der Waals surface area contributed by atoms with Crippen molar-refractivity contribution in [2.75, 3.05) is 0 Å². The fourth-order valence-electron chi connectivity index (χ4n) is 5.50. The minimum atomic E-state index is -1.96. The molecule has 2 aromatic carbocycles. The highest BCUT2D eigenvalue weighted by atomic mass is 127. The Labute approximate surface area is 226 Å². The van der Waals surface area contributed by atoms with E-state index in [1.54, 1.807) is 19.1 Å². The zero-order valence-electron chi connectivity index (χ0n) is 20.0. The van der Waals surface area contributed by atoms with Gasteiger partial charge in [-0.25, -0.2) is 0 Å². The van der Waals surface area contributed by atoms with Crippen LogP contribution >= 0.6 is 22.9 Å². The predicted octanol–water partition coefficient (Wildman–Crippen LogP) is 2.00. The highest BCUT2D eigenvalue weighted by molar-refractivity contribution is 14.1. The number of fused-ring (bicyclic) bond motifs is 3. The summed E-state index contributed by atoms with van der Waals surface area (Å²) in [6.45, 7) is 2.87. The van der Waals surface area contributed by atoms with Gasteiger partial charge in [0.1, 0.15) is 17.1 Å². The normalized spacial score (nSPS) is 30.9. The highest BCUT2D eigenvalue weighted by Gasteiger charge is 2.49. The van der Waals surface area contributed by atoms with Gasteiger partial charge in [-0.1, -0.05) is 24.3 Å². The topological polar surface area (TPSA) is 163 Å². The molecule has 0 aromatic heterocycles. The first kappa shape index (κ1) is 26.2. The van der Waals surface area contributed by atoms with Crippen LogP contribution in [-0.2, 0) is 20.7 Å². The average Bonchev–Trinajstić information content (AvgIpc) is 2.86. The Kier molecular flexibility index (Phi) is 6.66. The number of phenols is 2. The summed E-state index contributed by atoms with van der Waals surface area (Å²) in [4.78, 5) is 39.2. The summed E-state index contributed by atoms with van der Waals surface area (Å²) in [5, 5.41) is 44.2. The van der Waals surface area contributed by atoms with Crippen molar-refractivity contribution in [2.24, 2.45) is 0 Å². The lowest BCUT2D eigenvalue weighted by Crippen LogP contribution is -2.52. The first-order chi connectivity index (χ1) is 17.5. The second-order valence-corrected chi connectivity index (χ2v) is 10.5. The summed E-state index contributed by atoms with van der Waals surface area (Å²) in [5.41, 5.74) is -2.52. The molecule has 6 atom stereocenters. The van der Waals surface area contributed by atoms with E-state index in [1.807, 2.05) is 22.9 Å². The van der Waals surface area contributed by atoms with Gasteiger partial charge >= 0.3 is 0 Å². The summed E-state index contributed by atoms with van der Waals surface area (Å²) < 4.78 is 14.9. The number of halogens is 1. The van der Waals surface area contributed by atoms with Gasteiger partial charge in [-0.05, 0) is 13.8 Å². The molecule has 196 valence electrons. The number of hydrogen-bond donors (Lipinski definition) is 5. The molecule has 0 radical (unpaired) electrons. The molecule has 0 spiro atoms. The Balaban J connectivity index is 1.65. The molecule has 0 unspecified atom stereocenters. The molecule has 2 aliphatic carbocycles. The Bertz CT molecular complexity index is 1330. The first-order valence-electron chi connectivity index (χ1n) is 11.9. The molecule has 1 fully saturated rings. The Morgan fingerprint density at radius 1 is 1.14 bits per heavy atom. The number of ketones is 3. The van der Waals surface area contributed by atoms with Crippen molar-refractivity contribution in [1.29, 1.82) is 0 Å². The number of rotatable bonds is 4. The summed E-state index contributed by atoms with van der Waals surface area (Å²) >= 11 is 1.92. The Morgan fingerprint density at radius 2 is 1.73 bits per heavy atom. The van der Waals surface area contributed by atoms with Crippen LogP contribution in [-0.4, -0.2) is 67.9 Å². The zero-order chi connectivity index (χ0) is 26.8. The molecule has 2 aromatic rings. The fraction of sp³-hybridized carbons (Fsp3) is 0.423. The molecule has 3 aliphatic rings. The van der Waals surface area contributed by atoms with Gasteiger partial charge < -0.3 is 29.9 Å². The van der Waals surface area contributed by atoms with Crippen LogP contribution in [0.25, 0.3) is 0 Å². The highest BCUT2D eigenvalue weighted by Crippen LogP contribution is 2.52. The standard InChI is InChI=1S/C26H26INO9/c1-10-21(30)15(28-27)7-17(36-10)37-16-9-26(35,11(2)29)8-14-18(16)25(34)20-19(24(14)33)22(31)12-5-3-4-6-13(12)23(20)32/h3-6,10,15-17,21,28,30,33-35H,7-9H2,1-2H3/t10-,15-,16-,17-,21+,26-/m0/s1. The maximum absolute atomic E-state index is 13.4. The number of Topliss-reactive ketones (excluding diaryl/α,β-unsaturated/α-hetero) is 1. The maximum atomic E-state index is 13.4. The summed E-state index contributed by atoms with van der Waals surface area (Å²) in [6.07, 6.45) is -3.95. The Hall–Kier alpha value is -2.42. The van der Waals surface area contributed by atoms with Gasteiger partial charge in [0, 0.05) is 70.4 Å². The molecule has 1 aliphatic heterocycles. The monoisotopic (exact) mass is 623 g/mol. The second kappa shape index (κ2) is 9.40. The number of ether oxygens (including phenoxy) is 2. The van der Waals surface area contributed by atoms with E-state index in [2.05, 4.69) is 3.53 Å². The molecule has 5 rings (SSSR count). The van der Waals surface area contributed by atoms with E-state index in [0.717, 1.165) is 0 Å². The number of aliphatic hydroxyl groups excluding tert-OH is 1. The van der Waals surface area contributed by atoms with E-state index in [9.17, 15) is 34.8 Å². The van der Waals surface area contributed by atoms with Crippen molar-refractivity contribution in [3.63, 3.8) is 0 Å². The predicted molar refractivity (Wildman–Crippen MR) is 137 cm³/mol. The first-order valence-corrected chi connectivity index (χ1v) is 12.9. The van der Waals surface area contributed by atoms with Crippen molar-refractivity contribution < 1.29 is 44.3 Å². The summed E-state index contributed by atoms with van der Waals surface area (Å²) in [5.74, 6) is -2.99. The largest absolute Gasteiger partial charge is 0.507 e. The molecule has 0 amide bonds. The molecular formula is C26H26INO9. The van der Waals surface area contributed by atoms with Crippen LogP contribution in [0.4, 0.5) is 0 Å². The second-order valence-electron chi connectivity index (χ2n) is 9.85. The van der Waals surface area contributed by atoms with Crippen molar-refractivity contribution >= 4 is 40.2 Å². The van der Waals surface area contributed by atoms with E-state index in [4.69, 9.17) is 9.47 Å². The number of hydrogen-bond acceptors (Lipinski definition) is 10. The van der Waals surface area contributed by atoms with Crippen LogP contribution in [0.15, 0.2) is 24.3 Å². The van der Waals surface area contributed by atoms with Gasteiger partial charge in [0.15, 0.2) is 23.6 Å². The van der Waals surface area contributed by atoms with E-state index in [-0.39, 0.29) is 58.7 Å². The van der Waals surface area contributed by atoms with Gasteiger partial charge in [-0.15, -0.1) is 0 Å². The number of aliphatic hydroxyl groups is 2. The van der Waals surface area contributed by atoms with E-state index in [1.165, 1.54) is 19.1 Å². The molecule has 0 bridgehead atoms. The molecule has 5 N–H and O–H groups in total. The number of aromatic hydroxyl groups is 2. The third-order valence-corrected chi connectivity index (χ3v) is 8.39. The number of phenolic OH excluding ortho intramolecular Hbond substituents is 2. The van der Waals surface area contributed by atoms with Crippen LogP contribution in [0.1, 0.15) is 75.8 Å². The molecule has 1 saturated heterocycles. The van der Waals surface area contributed by atoms with Gasteiger partial charge in [0.25, 0.3) is 0 Å². The van der Waals surface area contributed by atoms with Crippen LogP contribution in [0, 0.1) is 0 Å². The minimum Gasteiger partial charge on any atom is -0.507 e. The van der Waals surface area contributed by atoms with Gasteiger partial charge in [0.2, 0.25) is 0 Å². The quantitative estimate of drug-likeness (QED) is 0.165. The smallest absolute Gasteiger partial charge is 0.198 e. The number of nitrogens with one attached hydrogen (secondary N) is 1. The van der Waals surface area contributed by atoms with Gasteiger partial charge in [-0.2, -0.15) is 0 Å². The van der Waals surface area contributed by atoms with Crippen LogP contribution in [0.3, 0.4) is 0 Å². The van der Waals surface area contributed by atoms with Crippen LogP contribution in [0.5, 0.6) is 11.5 Å². The molecule has 11 heteroatoms. The molecule has 37 heavy (non-hydrogen) atoms. The molecular weight excluding hydrogens is 597 g/mol. The van der Waals surface area contributed by atoms with Crippen molar-refractivity contribution in [3.8, 4) is 11.5 Å². The molecule has 1 heterocycles. The van der Waals surface area contributed by atoms with Gasteiger partial charge in [-0.3, -0.25) is 17.9 Å². The third-order valence-electron chi connectivity index (χ3n) is 7.59. The van der Waals surface area contributed by atoms with Gasteiger partial charge in [0.05, 0.1) is 29.4 Å². The van der Waals surface area contributed by atoms with Crippen molar-refractivity contribution in [2.45, 2.75) is 69.4 Å². The SMILES string of the molecule is CC(=O)[C@]1(O)Cc2c(O)c3c(c(O)c2[C@@H](O[C@H]2C[C@H](NI)[C@H](O)[C@H](C)O2)C1)C(=O)c1ccccc1C3=O. The molecule has 10 nitrogen and oxygen atoms in total. The number of carbonyl (C=O) groups is 3. The third kappa shape index (κ3) is 4.08. The number of carbonyl (C=O) groups excluding carboxylic acids is 3. The van der Waals surface area contributed by atoms with E-state index < -0.39 is 59.1 Å². The van der Waals surface area contributed by atoms with E-state index >= 15 is 0 Å². The maximum Gasteiger partial charge on any atom is 0.198 e. The zero-order valence-corrected chi connectivity index (χ0v) is 22.2. The average molecular weight is 623 g/mol. The van der Waals surface area contributed by atoms with E-state index in [0.29, 0.717) is 0 Å². The fourth-order valence-corrected chi connectivity index (χ4v) is 6.12. The van der Waals surface area contributed by atoms with Crippen molar-refractivity contribution in [1.82, 2.24) is 3.53 Å². The lowest BCUT2D eigenvalue weighted by molar-refractivity contribution is -0.247. The minimum absolute atomic E-state index is 0.0177.